The van der Waals surface area contributed by atoms with Crippen LogP contribution in [0.2, 0.25) is 0 Å². The molecule has 0 saturated heterocycles. The summed E-state index contributed by atoms with van der Waals surface area (Å²) in [4.78, 5) is 11.7. The van der Waals surface area contributed by atoms with E-state index in [0.717, 1.165) is 30.4 Å². The van der Waals surface area contributed by atoms with E-state index >= 15 is 0 Å². The third-order valence-corrected chi connectivity index (χ3v) is 4.33. The van der Waals surface area contributed by atoms with E-state index in [1.54, 1.807) is 0 Å². The SMILES string of the molecule is CCOC(=O)CC1CCCC1c1cc(C)c(O)c(C)c1. The fourth-order valence-electron chi connectivity index (χ4n) is 3.36. The van der Waals surface area contributed by atoms with Crippen LogP contribution >= 0.6 is 0 Å². The summed E-state index contributed by atoms with van der Waals surface area (Å²) < 4.78 is 5.08. The Bertz CT molecular complexity index is 470. The zero-order chi connectivity index (χ0) is 14.7. The van der Waals surface area contributed by atoms with Crippen LogP contribution in [-0.4, -0.2) is 17.7 Å². The molecule has 0 heterocycles. The molecule has 1 N–H and O–H groups in total. The van der Waals surface area contributed by atoms with Crippen LogP contribution in [0.1, 0.15) is 55.2 Å². The minimum absolute atomic E-state index is 0.0865. The van der Waals surface area contributed by atoms with Gasteiger partial charge in [0.2, 0.25) is 0 Å². The molecular weight excluding hydrogens is 252 g/mol. The van der Waals surface area contributed by atoms with Gasteiger partial charge in [-0.05, 0) is 62.1 Å². The normalized spacial score (nSPS) is 21.9. The lowest BCUT2D eigenvalue weighted by Crippen LogP contribution is -2.14. The first-order valence-electron chi connectivity index (χ1n) is 7.48. The summed E-state index contributed by atoms with van der Waals surface area (Å²) in [6, 6.07) is 4.13. The van der Waals surface area contributed by atoms with Gasteiger partial charge in [-0.15, -0.1) is 0 Å². The highest BCUT2D eigenvalue weighted by Crippen LogP contribution is 2.43. The van der Waals surface area contributed by atoms with Crippen molar-refractivity contribution < 1.29 is 14.6 Å². The zero-order valence-electron chi connectivity index (χ0n) is 12.6. The molecule has 3 heteroatoms. The molecule has 1 aliphatic rings. The number of rotatable bonds is 4. The van der Waals surface area contributed by atoms with Crippen molar-refractivity contribution in [3.8, 4) is 5.75 Å². The molecule has 0 amide bonds. The van der Waals surface area contributed by atoms with Crippen molar-refractivity contribution in [2.24, 2.45) is 5.92 Å². The lowest BCUT2D eigenvalue weighted by atomic mass is 9.85. The van der Waals surface area contributed by atoms with Crippen LogP contribution in [0.5, 0.6) is 5.75 Å². The molecule has 0 aromatic heterocycles. The summed E-state index contributed by atoms with van der Waals surface area (Å²) in [5, 5.41) is 9.88. The third kappa shape index (κ3) is 3.14. The predicted octanol–water partition coefficient (Wildman–Crippen LogP) is 3.85. The third-order valence-electron chi connectivity index (χ3n) is 4.33. The van der Waals surface area contributed by atoms with Crippen molar-refractivity contribution in [1.82, 2.24) is 0 Å². The molecule has 1 aromatic carbocycles. The number of hydrogen-bond acceptors (Lipinski definition) is 3. The van der Waals surface area contributed by atoms with Crippen LogP contribution in [0.3, 0.4) is 0 Å². The van der Waals surface area contributed by atoms with E-state index in [1.165, 1.54) is 5.56 Å². The number of benzene rings is 1. The number of aromatic hydroxyl groups is 1. The van der Waals surface area contributed by atoms with Gasteiger partial charge in [-0.3, -0.25) is 4.79 Å². The van der Waals surface area contributed by atoms with Gasteiger partial charge < -0.3 is 9.84 Å². The Morgan fingerprint density at radius 1 is 1.30 bits per heavy atom. The van der Waals surface area contributed by atoms with Crippen LogP contribution in [0.4, 0.5) is 0 Å². The molecule has 2 rings (SSSR count). The first-order valence-corrected chi connectivity index (χ1v) is 7.48. The van der Waals surface area contributed by atoms with Crippen LogP contribution in [0, 0.1) is 19.8 Å². The van der Waals surface area contributed by atoms with Gasteiger partial charge >= 0.3 is 5.97 Å². The Morgan fingerprint density at radius 3 is 2.55 bits per heavy atom. The average Bonchev–Trinajstić information content (AvgIpc) is 2.83. The van der Waals surface area contributed by atoms with Crippen molar-refractivity contribution in [1.29, 1.82) is 0 Å². The number of aryl methyl sites for hydroxylation is 2. The van der Waals surface area contributed by atoms with Gasteiger partial charge in [-0.25, -0.2) is 0 Å². The molecule has 3 nitrogen and oxygen atoms in total. The topological polar surface area (TPSA) is 46.5 Å². The lowest BCUT2D eigenvalue weighted by molar-refractivity contribution is -0.144. The molecule has 20 heavy (non-hydrogen) atoms. The van der Waals surface area contributed by atoms with Crippen LogP contribution < -0.4 is 0 Å². The maximum Gasteiger partial charge on any atom is 0.306 e. The van der Waals surface area contributed by atoms with Crippen LogP contribution in [0.15, 0.2) is 12.1 Å². The van der Waals surface area contributed by atoms with Gasteiger partial charge in [-0.2, -0.15) is 0 Å². The quantitative estimate of drug-likeness (QED) is 0.850. The highest BCUT2D eigenvalue weighted by Gasteiger charge is 2.31. The van der Waals surface area contributed by atoms with Crippen molar-refractivity contribution in [3.05, 3.63) is 28.8 Å². The molecule has 0 bridgehead atoms. The molecule has 1 aliphatic carbocycles. The van der Waals surface area contributed by atoms with E-state index in [1.807, 2.05) is 20.8 Å². The zero-order valence-corrected chi connectivity index (χ0v) is 12.6. The average molecular weight is 276 g/mol. The van der Waals surface area contributed by atoms with Gasteiger partial charge in [0.1, 0.15) is 5.75 Å². The maximum absolute atomic E-state index is 11.7. The van der Waals surface area contributed by atoms with E-state index in [9.17, 15) is 9.90 Å². The van der Waals surface area contributed by atoms with Gasteiger partial charge in [0.05, 0.1) is 6.61 Å². The number of phenolic OH excluding ortho intramolecular Hbond substituents is 1. The minimum atomic E-state index is -0.0865. The minimum Gasteiger partial charge on any atom is -0.507 e. The monoisotopic (exact) mass is 276 g/mol. The van der Waals surface area contributed by atoms with Crippen molar-refractivity contribution in [2.75, 3.05) is 6.61 Å². The number of carbonyl (C=O) groups excluding carboxylic acids is 1. The molecule has 1 saturated carbocycles. The molecule has 0 spiro atoms. The Balaban J connectivity index is 2.16. The van der Waals surface area contributed by atoms with Crippen molar-refractivity contribution >= 4 is 5.97 Å². The number of esters is 1. The number of hydrogen-bond donors (Lipinski definition) is 1. The standard InChI is InChI=1S/C17H24O3/c1-4-20-16(18)10-13-6-5-7-15(13)14-8-11(2)17(19)12(3)9-14/h8-9,13,15,19H,4-7,10H2,1-3H3. The molecule has 2 unspecified atom stereocenters. The van der Waals surface area contributed by atoms with Gasteiger partial charge in [-0.1, -0.05) is 18.6 Å². The summed E-state index contributed by atoms with van der Waals surface area (Å²) in [5.74, 6) is 1.08. The fourth-order valence-corrected chi connectivity index (χ4v) is 3.36. The lowest BCUT2D eigenvalue weighted by Gasteiger charge is -2.20. The summed E-state index contributed by atoms with van der Waals surface area (Å²) in [6.07, 6.45) is 3.88. The summed E-state index contributed by atoms with van der Waals surface area (Å²) >= 11 is 0. The van der Waals surface area contributed by atoms with Crippen LogP contribution in [-0.2, 0) is 9.53 Å². The first kappa shape index (κ1) is 14.9. The van der Waals surface area contributed by atoms with E-state index in [4.69, 9.17) is 4.74 Å². The second-order valence-electron chi connectivity index (χ2n) is 5.81. The predicted molar refractivity (Wildman–Crippen MR) is 78.9 cm³/mol. The Labute approximate surface area is 121 Å². The highest BCUT2D eigenvalue weighted by atomic mass is 16.5. The Kier molecular flexibility index (Phi) is 4.69. The molecule has 1 fully saturated rings. The summed E-state index contributed by atoms with van der Waals surface area (Å²) in [6.45, 7) is 6.16. The second kappa shape index (κ2) is 6.29. The van der Waals surface area contributed by atoms with Gasteiger partial charge in [0, 0.05) is 6.42 Å². The number of carbonyl (C=O) groups is 1. The molecule has 1 aromatic rings. The summed E-state index contributed by atoms with van der Waals surface area (Å²) in [7, 11) is 0. The number of phenols is 1. The smallest absolute Gasteiger partial charge is 0.306 e. The van der Waals surface area contributed by atoms with E-state index in [2.05, 4.69) is 12.1 Å². The van der Waals surface area contributed by atoms with Crippen molar-refractivity contribution in [2.45, 2.75) is 52.4 Å². The molecule has 110 valence electrons. The number of ether oxygens (including phenoxy) is 1. The van der Waals surface area contributed by atoms with E-state index in [-0.39, 0.29) is 5.97 Å². The molecular formula is C17H24O3. The largest absolute Gasteiger partial charge is 0.507 e. The highest BCUT2D eigenvalue weighted by molar-refractivity contribution is 5.69. The van der Waals surface area contributed by atoms with Gasteiger partial charge in [0.15, 0.2) is 0 Å². The molecule has 0 radical (unpaired) electrons. The first-order chi connectivity index (χ1) is 9.52. The summed E-state index contributed by atoms with van der Waals surface area (Å²) in [5.41, 5.74) is 3.09. The van der Waals surface area contributed by atoms with E-state index < -0.39 is 0 Å². The van der Waals surface area contributed by atoms with E-state index in [0.29, 0.717) is 30.6 Å². The molecule has 2 atom stereocenters. The second-order valence-corrected chi connectivity index (χ2v) is 5.81. The Hall–Kier alpha value is -1.51. The maximum atomic E-state index is 11.7. The fraction of sp³-hybridized carbons (Fsp3) is 0.588. The van der Waals surface area contributed by atoms with Crippen LogP contribution in [0.25, 0.3) is 0 Å². The Morgan fingerprint density at radius 2 is 1.95 bits per heavy atom. The van der Waals surface area contributed by atoms with Gasteiger partial charge in [0.25, 0.3) is 0 Å². The van der Waals surface area contributed by atoms with Crippen molar-refractivity contribution in [3.63, 3.8) is 0 Å². The molecule has 0 aliphatic heterocycles.